The number of carbonyl (C=O) groups is 2. The van der Waals surface area contributed by atoms with Crippen LogP contribution in [0.4, 0.5) is 5.69 Å². The van der Waals surface area contributed by atoms with Crippen molar-refractivity contribution in [2.45, 2.75) is 57.7 Å². The number of para-hydroxylation sites is 2. The van der Waals surface area contributed by atoms with Gasteiger partial charge < -0.3 is 15.0 Å². The minimum Gasteiger partial charge on any atom is -0.495 e. The van der Waals surface area contributed by atoms with Gasteiger partial charge in [-0.2, -0.15) is 0 Å². The van der Waals surface area contributed by atoms with Gasteiger partial charge in [0.1, 0.15) is 18.3 Å². The van der Waals surface area contributed by atoms with E-state index in [1.54, 1.807) is 49.4 Å². The number of anilines is 1. The number of hydrogen-bond acceptors (Lipinski definition) is 5. The molecule has 2 aromatic rings. The van der Waals surface area contributed by atoms with Gasteiger partial charge in [0.25, 0.3) is 0 Å². The molecule has 2 amide bonds. The lowest BCUT2D eigenvalue weighted by atomic mass is 9.95. The third-order valence-corrected chi connectivity index (χ3v) is 8.38. The topological polar surface area (TPSA) is 96.0 Å². The van der Waals surface area contributed by atoms with Gasteiger partial charge in [-0.1, -0.05) is 60.7 Å². The van der Waals surface area contributed by atoms with Gasteiger partial charge in [-0.3, -0.25) is 13.9 Å². The molecule has 0 spiro atoms. The second-order valence-electron chi connectivity index (χ2n) is 9.18. The molecule has 0 aromatic heterocycles. The highest BCUT2D eigenvalue weighted by molar-refractivity contribution is 7.92. The second kappa shape index (κ2) is 12.8. The molecular formula is C26H33Cl2N3O5S. The molecule has 1 unspecified atom stereocenters. The summed E-state index contributed by atoms with van der Waals surface area (Å²) in [7, 11) is -2.46. The smallest absolute Gasteiger partial charge is 0.244 e. The fourth-order valence-corrected chi connectivity index (χ4v) is 5.81. The van der Waals surface area contributed by atoms with E-state index in [4.69, 9.17) is 27.9 Å². The summed E-state index contributed by atoms with van der Waals surface area (Å²) in [5, 5.41) is 3.74. The number of sulfonamides is 1. The minimum atomic E-state index is -3.88. The Morgan fingerprint density at radius 1 is 1.05 bits per heavy atom. The first kappa shape index (κ1) is 29.1. The van der Waals surface area contributed by atoms with E-state index in [0.29, 0.717) is 21.4 Å². The third-order valence-electron chi connectivity index (χ3n) is 6.54. The summed E-state index contributed by atoms with van der Waals surface area (Å²) in [5.41, 5.74) is 0.690. The summed E-state index contributed by atoms with van der Waals surface area (Å²) in [6.07, 6.45) is 6.01. The molecule has 2 aromatic carbocycles. The Kier molecular flexibility index (Phi) is 10.1. The van der Waals surface area contributed by atoms with Gasteiger partial charge in [-0.15, -0.1) is 0 Å². The zero-order valence-electron chi connectivity index (χ0n) is 21.2. The van der Waals surface area contributed by atoms with Crippen molar-refractivity contribution in [2.75, 3.05) is 24.2 Å². The molecule has 0 bridgehead atoms. The molecular weight excluding hydrogens is 537 g/mol. The first-order valence-corrected chi connectivity index (χ1v) is 14.8. The molecule has 1 saturated carbocycles. The Bertz CT molecular complexity index is 1200. The fourth-order valence-electron chi connectivity index (χ4n) is 4.44. The molecule has 37 heavy (non-hydrogen) atoms. The standard InChI is InChI=1S/C26H33Cl2N3O5S/c1-18(26(33)29-19-10-5-4-6-11-19)30(16-20-21(27)12-9-13-22(20)28)25(32)17-31(37(3,34)35)23-14-7-8-15-24(23)36-2/h7-9,12-15,18-19H,4-6,10-11,16-17H2,1-3H3,(H,29,33). The van der Waals surface area contributed by atoms with Gasteiger partial charge >= 0.3 is 0 Å². The van der Waals surface area contributed by atoms with Crippen molar-refractivity contribution in [3.8, 4) is 5.75 Å². The second-order valence-corrected chi connectivity index (χ2v) is 11.9. The average molecular weight is 571 g/mol. The number of methoxy groups -OCH3 is 1. The number of nitrogens with one attached hydrogen (secondary N) is 1. The van der Waals surface area contributed by atoms with Crippen LogP contribution >= 0.6 is 23.2 Å². The van der Waals surface area contributed by atoms with Crippen LogP contribution in [0.15, 0.2) is 42.5 Å². The number of carbonyl (C=O) groups excluding carboxylic acids is 2. The Morgan fingerprint density at radius 2 is 1.68 bits per heavy atom. The van der Waals surface area contributed by atoms with Crippen molar-refractivity contribution in [3.05, 3.63) is 58.1 Å². The van der Waals surface area contributed by atoms with Crippen LogP contribution in [-0.4, -0.2) is 57.1 Å². The highest BCUT2D eigenvalue weighted by atomic mass is 35.5. The highest BCUT2D eigenvalue weighted by Crippen LogP contribution is 2.31. The predicted octanol–water partition coefficient (Wildman–Crippen LogP) is 4.63. The normalized spacial score (nSPS) is 15.1. The number of hydrogen-bond donors (Lipinski definition) is 1. The number of rotatable bonds is 10. The van der Waals surface area contributed by atoms with Crippen LogP contribution in [0.3, 0.4) is 0 Å². The van der Waals surface area contributed by atoms with Crippen LogP contribution < -0.4 is 14.4 Å². The first-order valence-electron chi connectivity index (χ1n) is 12.2. The average Bonchev–Trinajstić information content (AvgIpc) is 2.86. The van der Waals surface area contributed by atoms with Gasteiger partial charge in [0.05, 0.1) is 19.1 Å². The van der Waals surface area contributed by atoms with Crippen molar-refractivity contribution in [1.82, 2.24) is 10.2 Å². The van der Waals surface area contributed by atoms with E-state index in [1.165, 1.54) is 12.0 Å². The number of benzene rings is 2. The molecule has 8 nitrogen and oxygen atoms in total. The van der Waals surface area contributed by atoms with Crippen molar-refractivity contribution >= 4 is 50.7 Å². The van der Waals surface area contributed by atoms with E-state index in [1.807, 2.05) is 0 Å². The zero-order valence-corrected chi connectivity index (χ0v) is 23.6. The molecule has 1 fully saturated rings. The monoisotopic (exact) mass is 569 g/mol. The van der Waals surface area contributed by atoms with E-state index in [2.05, 4.69) is 5.32 Å². The molecule has 0 saturated heterocycles. The molecule has 1 N–H and O–H groups in total. The Balaban J connectivity index is 1.94. The van der Waals surface area contributed by atoms with Gasteiger partial charge in [0.15, 0.2) is 0 Å². The molecule has 202 valence electrons. The number of nitrogens with zero attached hydrogens (tertiary/aromatic N) is 2. The summed E-state index contributed by atoms with van der Waals surface area (Å²) >= 11 is 12.8. The van der Waals surface area contributed by atoms with E-state index in [-0.39, 0.29) is 24.2 Å². The summed E-state index contributed by atoms with van der Waals surface area (Å²) < 4.78 is 31.8. The van der Waals surface area contributed by atoms with Crippen molar-refractivity contribution in [1.29, 1.82) is 0 Å². The van der Waals surface area contributed by atoms with Gasteiger partial charge in [-0.25, -0.2) is 8.42 Å². The summed E-state index contributed by atoms with van der Waals surface area (Å²) in [5.74, 6) is -0.602. The molecule has 11 heteroatoms. The molecule has 1 atom stereocenters. The van der Waals surface area contributed by atoms with E-state index in [0.717, 1.165) is 42.7 Å². The Hall–Kier alpha value is -2.49. The third kappa shape index (κ3) is 7.52. The number of ether oxygens (including phenoxy) is 1. The molecule has 0 radical (unpaired) electrons. The summed E-state index contributed by atoms with van der Waals surface area (Å²) in [6, 6.07) is 10.7. The molecule has 0 heterocycles. The summed E-state index contributed by atoms with van der Waals surface area (Å²) in [6.45, 7) is 1.01. The Labute approximate surface area is 228 Å². The van der Waals surface area contributed by atoms with Crippen LogP contribution in [-0.2, 0) is 26.2 Å². The summed E-state index contributed by atoms with van der Waals surface area (Å²) in [4.78, 5) is 28.3. The molecule has 1 aliphatic carbocycles. The van der Waals surface area contributed by atoms with Gasteiger partial charge in [-0.05, 0) is 44.0 Å². The van der Waals surface area contributed by atoms with Crippen molar-refractivity contribution < 1.29 is 22.7 Å². The van der Waals surface area contributed by atoms with Crippen LogP contribution in [0.2, 0.25) is 10.0 Å². The molecule has 0 aliphatic heterocycles. The van der Waals surface area contributed by atoms with Crippen molar-refractivity contribution in [3.63, 3.8) is 0 Å². The molecule has 1 aliphatic rings. The maximum atomic E-state index is 13.8. The number of halogens is 2. The molecule has 3 rings (SSSR count). The predicted molar refractivity (Wildman–Crippen MR) is 147 cm³/mol. The van der Waals surface area contributed by atoms with Gasteiger partial charge in [0, 0.05) is 28.2 Å². The first-order chi connectivity index (χ1) is 17.5. The highest BCUT2D eigenvalue weighted by Gasteiger charge is 2.32. The maximum Gasteiger partial charge on any atom is 0.244 e. The van der Waals surface area contributed by atoms with Crippen LogP contribution in [0.5, 0.6) is 5.75 Å². The zero-order chi connectivity index (χ0) is 27.2. The van der Waals surface area contributed by atoms with E-state index in [9.17, 15) is 18.0 Å². The lowest BCUT2D eigenvalue weighted by molar-refractivity contribution is -0.139. The lowest BCUT2D eigenvalue weighted by Crippen LogP contribution is -2.53. The fraction of sp³-hybridized carbons (Fsp3) is 0.462. The SMILES string of the molecule is COc1ccccc1N(CC(=O)N(Cc1c(Cl)cccc1Cl)C(C)C(=O)NC1CCCCC1)S(C)(=O)=O. The van der Waals surface area contributed by atoms with Crippen LogP contribution in [0.25, 0.3) is 0 Å². The quantitative estimate of drug-likeness (QED) is 0.449. The van der Waals surface area contributed by atoms with E-state index < -0.39 is 28.5 Å². The van der Waals surface area contributed by atoms with E-state index >= 15 is 0 Å². The van der Waals surface area contributed by atoms with Crippen LogP contribution in [0, 0.1) is 0 Å². The van der Waals surface area contributed by atoms with Crippen LogP contribution in [0.1, 0.15) is 44.6 Å². The largest absolute Gasteiger partial charge is 0.495 e. The van der Waals surface area contributed by atoms with Gasteiger partial charge in [0.2, 0.25) is 21.8 Å². The maximum absolute atomic E-state index is 13.8. The Morgan fingerprint density at radius 3 is 2.27 bits per heavy atom. The van der Waals surface area contributed by atoms with Crippen molar-refractivity contribution in [2.24, 2.45) is 0 Å². The number of amides is 2. The lowest BCUT2D eigenvalue weighted by Gasteiger charge is -2.33. The minimum absolute atomic E-state index is 0.0469.